The first-order valence-corrected chi connectivity index (χ1v) is 6.36. The molecule has 1 rings (SSSR count). The predicted molar refractivity (Wildman–Crippen MR) is 70.4 cm³/mol. The quantitative estimate of drug-likeness (QED) is 0.671. The highest BCUT2D eigenvalue weighted by Gasteiger charge is 1.95. The molecule has 0 bridgehead atoms. The molecule has 17 heavy (non-hydrogen) atoms. The van der Waals surface area contributed by atoms with Crippen LogP contribution in [0, 0.1) is 0 Å². The second-order valence-corrected chi connectivity index (χ2v) is 4.00. The van der Waals surface area contributed by atoms with Crippen molar-refractivity contribution in [1.82, 2.24) is 0 Å². The highest BCUT2D eigenvalue weighted by Crippen LogP contribution is 2.12. The second-order valence-electron chi connectivity index (χ2n) is 4.00. The minimum absolute atomic E-state index is 0.611. The fourth-order valence-corrected chi connectivity index (χ4v) is 1.49. The van der Waals surface area contributed by atoms with Crippen molar-refractivity contribution in [2.75, 3.05) is 26.4 Å². The summed E-state index contributed by atoms with van der Waals surface area (Å²) in [4.78, 5) is 0. The zero-order chi connectivity index (χ0) is 12.3. The molecule has 0 saturated heterocycles. The average Bonchev–Trinajstić information content (AvgIpc) is 2.36. The molecule has 3 heteroatoms. The minimum atomic E-state index is 0.611. The van der Waals surface area contributed by atoms with Crippen LogP contribution in [0.2, 0.25) is 0 Å². The summed E-state index contributed by atoms with van der Waals surface area (Å²) in [5.74, 6) is 0.893. The Morgan fingerprint density at radius 3 is 2.47 bits per heavy atom. The van der Waals surface area contributed by atoms with Crippen LogP contribution in [0.5, 0.6) is 5.75 Å². The van der Waals surface area contributed by atoms with Crippen LogP contribution >= 0.6 is 0 Å². The SMILES string of the molecule is CCCCOCCOc1ccc(CCN)cc1. The molecular formula is C14H23NO2. The molecule has 0 spiro atoms. The van der Waals surface area contributed by atoms with Gasteiger partial charge in [-0.05, 0) is 37.1 Å². The fraction of sp³-hybridized carbons (Fsp3) is 0.571. The molecule has 0 saturated carbocycles. The lowest BCUT2D eigenvalue weighted by Gasteiger charge is -2.07. The van der Waals surface area contributed by atoms with Crippen LogP contribution in [-0.4, -0.2) is 26.4 Å². The Labute approximate surface area is 104 Å². The molecule has 0 radical (unpaired) electrons. The minimum Gasteiger partial charge on any atom is -0.491 e. The van der Waals surface area contributed by atoms with Gasteiger partial charge in [0, 0.05) is 6.61 Å². The number of hydrogen-bond donors (Lipinski definition) is 1. The summed E-state index contributed by atoms with van der Waals surface area (Å²) < 4.78 is 11.0. The van der Waals surface area contributed by atoms with Gasteiger partial charge in [0.15, 0.2) is 0 Å². The van der Waals surface area contributed by atoms with Crippen molar-refractivity contribution in [2.24, 2.45) is 5.73 Å². The highest BCUT2D eigenvalue weighted by atomic mass is 16.5. The van der Waals surface area contributed by atoms with E-state index in [9.17, 15) is 0 Å². The van der Waals surface area contributed by atoms with Gasteiger partial charge in [-0.3, -0.25) is 0 Å². The van der Waals surface area contributed by atoms with E-state index in [1.165, 1.54) is 12.0 Å². The normalized spacial score (nSPS) is 10.5. The molecule has 0 fully saturated rings. The number of nitrogens with two attached hydrogens (primary N) is 1. The van der Waals surface area contributed by atoms with E-state index in [0.717, 1.165) is 25.2 Å². The van der Waals surface area contributed by atoms with Crippen molar-refractivity contribution in [2.45, 2.75) is 26.2 Å². The van der Waals surface area contributed by atoms with E-state index in [-0.39, 0.29) is 0 Å². The van der Waals surface area contributed by atoms with Crippen molar-refractivity contribution in [3.8, 4) is 5.75 Å². The van der Waals surface area contributed by atoms with Gasteiger partial charge in [-0.2, -0.15) is 0 Å². The Kier molecular flexibility index (Phi) is 7.43. The molecule has 3 nitrogen and oxygen atoms in total. The van der Waals surface area contributed by atoms with E-state index in [0.29, 0.717) is 19.8 Å². The van der Waals surface area contributed by atoms with Crippen LogP contribution in [0.4, 0.5) is 0 Å². The summed E-state index contributed by atoms with van der Waals surface area (Å²) >= 11 is 0. The Morgan fingerprint density at radius 1 is 1.06 bits per heavy atom. The number of hydrogen-bond acceptors (Lipinski definition) is 3. The van der Waals surface area contributed by atoms with E-state index in [1.54, 1.807) is 0 Å². The third kappa shape index (κ3) is 6.29. The van der Waals surface area contributed by atoms with Crippen LogP contribution in [0.1, 0.15) is 25.3 Å². The molecule has 96 valence electrons. The summed E-state index contributed by atoms with van der Waals surface area (Å²) in [6.45, 7) is 4.94. The Morgan fingerprint density at radius 2 is 1.82 bits per heavy atom. The fourth-order valence-electron chi connectivity index (χ4n) is 1.49. The summed E-state index contributed by atoms with van der Waals surface area (Å²) in [5.41, 5.74) is 6.74. The first kappa shape index (κ1) is 14.0. The lowest BCUT2D eigenvalue weighted by atomic mass is 10.1. The molecule has 0 atom stereocenters. The van der Waals surface area contributed by atoms with Gasteiger partial charge in [-0.15, -0.1) is 0 Å². The zero-order valence-corrected chi connectivity index (χ0v) is 10.7. The smallest absolute Gasteiger partial charge is 0.119 e. The van der Waals surface area contributed by atoms with Gasteiger partial charge >= 0.3 is 0 Å². The second kappa shape index (κ2) is 9.02. The molecule has 0 aliphatic rings. The molecule has 1 aromatic rings. The molecule has 1 aromatic carbocycles. The molecule has 0 unspecified atom stereocenters. The van der Waals surface area contributed by atoms with Crippen LogP contribution in [0.3, 0.4) is 0 Å². The van der Waals surface area contributed by atoms with Crippen molar-refractivity contribution < 1.29 is 9.47 Å². The Balaban J connectivity index is 2.14. The summed E-state index contributed by atoms with van der Waals surface area (Å²) in [5, 5.41) is 0. The third-order valence-electron chi connectivity index (χ3n) is 2.49. The summed E-state index contributed by atoms with van der Waals surface area (Å²) in [6.07, 6.45) is 3.21. The van der Waals surface area contributed by atoms with Gasteiger partial charge in [-0.1, -0.05) is 25.5 Å². The van der Waals surface area contributed by atoms with Crippen LogP contribution in [0.15, 0.2) is 24.3 Å². The summed E-state index contributed by atoms with van der Waals surface area (Å²) in [6, 6.07) is 8.08. The molecule has 0 amide bonds. The molecule has 2 N–H and O–H groups in total. The van der Waals surface area contributed by atoms with E-state index in [1.807, 2.05) is 12.1 Å². The average molecular weight is 237 g/mol. The monoisotopic (exact) mass is 237 g/mol. The maximum atomic E-state index is 5.56. The topological polar surface area (TPSA) is 44.5 Å². The number of ether oxygens (including phenoxy) is 2. The van der Waals surface area contributed by atoms with Crippen LogP contribution in [-0.2, 0) is 11.2 Å². The molecule has 0 heterocycles. The van der Waals surface area contributed by atoms with Crippen LogP contribution in [0.25, 0.3) is 0 Å². The van der Waals surface area contributed by atoms with Crippen molar-refractivity contribution in [3.05, 3.63) is 29.8 Å². The number of rotatable bonds is 9. The van der Waals surface area contributed by atoms with E-state index >= 15 is 0 Å². The van der Waals surface area contributed by atoms with E-state index < -0.39 is 0 Å². The number of benzene rings is 1. The predicted octanol–water partition coefficient (Wildman–Crippen LogP) is 2.38. The Bertz CT molecular complexity index is 285. The van der Waals surface area contributed by atoms with Gasteiger partial charge in [0.1, 0.15) is 12.4 Å². The highest BCUT2D eigenvalue weighted by molar-refractivity contribution is 5.27. The first-order valence-electron chi connectivity index (χ1n) is 6.36. The molecular weight excluding hydrogens is 214 g/mol. The third-order valence-corrected chi connectivity index (χ3v) is 2.49. The van der Waals surface area contributed by atoms with Crippen molar-refractivity contribution in [1.29, 1.82) is 0 Å². The van der Waals surface area contributed by atoms with Gasteiger partial charge in [-0.25, -0.2) is 0 Å². The van der Waals surface area contributed by atoms with Crippen LogP contribution < -0.4 is 10.5 Å². The lowest BCUT2D eigenvalue weighted by Crippen LogP contribution is -2.07. The largest absolute Gasteiger partial charge is 0.491 e. The van der Waals surface area contributed by atoms with Gasteiger partial charge in [0.2, 0.25) is 0 Å². The molecule has 0 aliphatic heterocycles. The number of unbranched alkanes of at least 4 members (excludes halogenated alkanes) is 1. The van der Waals surface area contributed by atoms with Gasteiger partial charge in [0.25, 0.3) is 0 Å². The van der Waals surface area contributed by atoms with E-state index in [4.69, 9.17) is 15.2 Å². The van der Waals surface area contributed by atoms with Crippen molar-refractivity contribution >= 4 is 0 Å². The van der Waals surface area contributed by atoms with Gasteiger partial charge in [0.05, 0.1) is 6.61 Å². The standard InChI is InChI=1S/C14H23NO2/c1-2-3-10-16-11-12-17-14-6-4-13(5-7-14)8-9-15/h4-7H,2-3,8-12,15H2,1H3. The Hall–Kier alpha value is -1.06. The van der Waals surface area contributed by atoms with E-state index in [2.05, 4.69) is 19.1 Å². The first-order chi connectivity index (χ1) is 8.36. The molecule has 0 aromatic heterocycles. The van der Waals surface area contributed by atoms with Gasteiger partial charge < -0.3 is 15.2 Å². The maximum absolute atomic E-state index is 5.56. The molecule has 0 aliphatic carbocycles. The lowest BCUT2D eigenvalue weighted by molar-refractivity contribution is 0.0980. The summed E-state index contributed by atoms with van der Waals surface area (Å²) in [7, 11) is 0. The zero-order valence-electron chi connectivity index (χ0n) is 10.7. The van der Waals surface area contributed by atoms with Crippen molar-refractivity contribution in [3.63, 3.8) is 0 Å². The maximum Gasteiger partial charge on any atom is 0.119 e.